The fourth-order valence-electron chi connectivity index (χ4n) is 2.07. The van der Waals surface area contributed by atoms with Gasteiger partial charge in [-0.2, -0.15) is 0 Å². The number of methoxy groups -OCH3 is 3. The van der Waals surface area contributed by atoms with Gasteiger partial charge in [0.1, 0.15) is 22.8 Å². The predicted molar refractivity (Wildman–Crippen MR) is 88.1 cm³/mol. The molecule has 0 saturated carbocycles. The largest absolute Gasteiger partial charge is 0.496 e. The first-order chi connectivity index (χ1) is 12.0. The van der Waals surface area contributed by atoms with Crippen molar-refractivity contribution in [3.63, 3.8) is 0 Å². The molecule has 0 atom stereocenters. The number of benzene rings is 1. The van der Waals surface area contributed by atoms with E-state index in [1.54, 1.807) is 18.2 Å². The van der Waals surface area contributed by atoms with Crippen molar-refractivity contribution in [1.29, 1.82) is 0 Å². The molecule has 9 nitrogen and oxygen atoms in total. The van der Waals surface area contributed by atoms with Crippen molar-refractivity contribution >= 4 is 11.8 Å². The fourth-order valence-corrected chi connectivity index (χ4v) is 2.07. The molecule has 1 aromatic carbocycles. The molecule has 1 aromatic heterocycles. The fraction of sp³-hybridized carbons (Fsp3) is 0.188. The second-order valence-corrected chi connectivity index (χ2v) is 4.73. The van der Waals surface area contributed by atoms with E-state index in [0.29, 0.717) is 0 Å². The molecule has 0 radical (unpaired) electrons. The highest BCUT2D eigenvalue weighted by Crippen LogP contribution is 2.27. The zero-order valence-corrected chi connectivity index (χ0v) is 13.8. The van der Waals surface area contributed by atoms with Gasteiger partial charge in [-0.3, -0.25) is 25.2 Å². The van der Waals surface area contributed by atoms with Gasteiger partial charge < -0.3 is 19.2 Å². The summed E-state index contributed by atoms with van der Waals surface area (Å²) in [6, 6.07) is 5.89. The highest BCUT2D eigenvalue weighted by atomic mass is 16.5. The van der Waals surface area contributed by atoms with Crippen LogP contribution in [0.25, 0.3) is 0 Å². The summed E-state index contributed by atoms with van der Waals surface area (Å²) in [5, 5.41) is 0. The van der Waals surface area contributed by atoms with Crippen LogP contribution < -0.4 is 30.5 Å². The molecule has 1 heterocycles. The Morgan fingerprint density at radius 3 is 2.00 bits per heavy atom. The number of ether oxygens (including phenoxy) is 3. The van der Waals surface area contributed by atoms with E-state index in [1.165, 1.54) is 27.5 Å². The molecule has 0 aliphatic carbocycles. The highest BCUT2D eigenvalue weighted by Gasteiger charge is 2.19. The first kappa shape index (κ1) is 17.9. The summed E-state index contributed by atoms with van der Waals surface area (Å²) in [5.74, 6) is -0.715. The van der Waals surface area contributed by atoms with Crippen LogP contribution in [0.4, 0.5) is 0 Å². The third-order valence-corrected chi connectivity index (χ3v) is 3.29. The van der Waals surface area contributed by atoms with E-state index in [9.17, 15) is 14.4 Å². The van der Waals surface area contributed by atoms with Gasteiger partial charge in [0.25, 0.3) is 11.8 Å². The Hall–Kier alpha value is -3.49. The van der Waals surface area contributed by atoms with Gasteiger partial charge in [-0.05, 0) is 12.1 Å². The average molecular weight is 347 g/mol. The molecule has 25 heavy (non-hydrogen) atoms. The number of hydrogen-bond acceptors (Lipinski definition) is 6. The highest BCUT2D eigenvalue weighted by molar-refractivity contribution is 6.01. The molecular formula is C16H17N3O6. The van der Waals surface area contributed by atoms with Crippen molar-refractivity contribution in [3.8, 4) is 17.2 Å². The Morgan fingerprint density at radius 1 is 0.920 bits per heavy atom. The van der Waals surface area contributed by atoms with Gasteiger partial charge in [0, 0.05) is 12.3 Å². The van der Waals surface area contributed by atoms with Crippen LogP contribution in [0.2, 0.25) is 0 Å². The number of aromatic nitrogens is 1. The van der Waals surface area contributed by atoms with Crippen LogP contribution >= 0.6 is 0 Å². The number of carbonyl (C=O) groups is 2. The van der Waals surface area contributed by atoms with Gasteiger partial charge in [-0.15, -0.1) is 0 Å². The Bertz CT molecular complexity index is 824. The first-order valence-electron chi connectivity index (χ1n) is 7.10. The van der Waals surface area contributed by atoms with E-state index in [2.05, 4.69) is 15.8 Å². The summed E-state index contributed by atoms with van der Waals surface area (Å²) in [6.07, 6.45) is 1.25. The third kappa shape index (κ3) is 3.89. The van der Waals surface area contributed by atoms with Crippen LogP contribution in [0.15, 0.2) is 35.3 Å². The van der Waals surface area contributed by atoms with E-state index in [4.69, 9.17) is 14.2 Å². The Kier molecular flexibility index (Phi) is 5.62. The molecule has 0 aliphatic heterocycles. The molecule has 0 spiro atoms. The van der Waals surface area contributed by atoms with Gasteiger partial charge in [0.15, 0.2) is 5.75 Å². The molecule has 0 saturated heterocycles. The molecule has 2 aromatic rings. The summed E-state index contributed by atoms with van der Waals surface area (Å²) in [6.45, 7) is 0. The van der Waals surface area contributed by atoms with E-state index in [0.717, 1.165) is 6.07 Å². The quantitative estimate of drug-likeness (QED) is 0.677. The Labute approximate surface area is 142 Å². The summed E-state index contributed by atoms with van der Waals surface area (Å²) >= 11 is 0. The molecule has 0 aliphatic rings. The summed E-state index contributed by atoms with van der Waals surface area (Å²) in [4.78, 5) is 38.6. The maximum Gasteiger partial charge on any atom is 0.286 e. The lowest BCUT2D eigenvalue weighted by Gasteiger charge is -2.13. The van der Waals surface area contributed by atoms with E-state index >= 15 is 0 Å². The summed E-state index contributed by atoms with van der Waals surface area (Å²) in [5.41, 5.74) is 4.06. The standard InChI is InChI=1S/C16H17N3O6/c1-23-11-5-4-6-12(24-2)14(11)16(22)19-18-15(21)9-7-10(20)13(25-3)8-17-9/h4-8H,1-3H3,(H,17,20)(H,18,21)(H,19,22). The van der Waals surface area contributed by atoms with Crippen LogP contribution in [0.1, 0.15) is 20.8 Å². The maximum atomic E-state index is 12.3. The zero-order valence-electron chi connectivity index (χ0n) is 13.8. The Morgan fingerprint density at radius 2 is 1.48 bits per heavy atom. The van der Waals surface area contributed by atoms with Crippen molar-refractivity contribution in [1.82, 2.24) is 15.8 Å². The third-order valence-electron chi connectivity index (χ3n) is 3.29. The van der Waals surface area contributed by atoms with Crippen molar-refractivity contribution in [2.75, 3.05) is 21.3 Å². The maximum absolute atomic E-state index is 12.3. The van der Waals surface area contributed by atoms with Crippen LogP contribution in [0.5, 0.6) is 17.2 Å². The number of carbonyl (C=O) groups excluding carboxylic acids is 2. The SMILES string of the molecule is COc1cccc(OC)c1C(=O)NNC(=O)c1cc(=O)c(OC)c[nH]1. The lowest BCUT2D eigenvalue weighted by Crippen LogP contribution is -2.42. The van der Waals surface area contributed by atoms with Crippen molar-refractivity contribution < 1.29 is 23.8 Å². The minimum Gasteiger partial charge on any atom is -0.496 e. The van der Waals surface area contributed by atoms with Crippen LogP contribution in [-0.4, -0.2) is 38.1 Å². The molecule has 132 valence electrons. The summed E-state index contributed by atoms with van der Waals surface area (Å²) in [7, 11) is 4.16. The van der Waals surface area contributed by atoms with Gasteiger partial charge in [-0.25, -0.2) is 0 Å². The second kappa shape index (κ2) is 7.86. The number of H-pyrrole nitrogens is 1. The van der Waals surface area contributed by atoms with E-state index in [1.807, 2.05) is 0 Å². The van der Waals surface area contributed by atoms with Crippen LogP contribution in [-0.2, 0) is 0 Å². The topological polar surface area (TPSA) is 119 Å². The van der Waals surface area contributed by atoms with Gasteiger partial charge in [-0.1, -0.05) is 6.07 Å². The lowest BCUT2D eigenvalue weighted by atomic mass is 10.1. The smallest absolute Gasteiger partial charge is 0.286 e. The van der Waals surface area contributed by atoms with Crippen LogP contribution in [0, 0.1) is 0 Å². The molecule has 0 fully saturated rings. The second-order valence-electron chi connectivity index (χ2n) is 4.73. The number of amides is 2. The summed E-state index contributed by atoms with van der Waals surface area (Å²) < 4.78 is 15.1. The first-order valence-corrected chi connectivity index (χ1v) is 7.10. The minimum atomic E-state index is -0.707. The molecular weight excluding hydrogens is 330 g/mol. The van der Waals surface area contributed by atoms with E-state index in [-0.39, 0.29) is 28.5 Å². The van der Waals surface area contributed by atoms with Crippen molar-refractivity contribution in [2.45, 2.75) is 0 Å². The van der Waals surface area contributed by atoms with Crippen molar-refractivity contribution in [2.24, 2.45) is 0 Å². The van der Waals surface area contributed by atoms with Gasteiger partial charge >= 0.3 is 0 Å². The van der Waals surface area contributed by atoms with Gasteiger partial charge in [0.2, 0.25) is 5.43 Å². The molecule has 9 heteroatoms. The number of pyridine rings is 1. The van der Waals surface area contributed by atoms with E-state index < -0.39 is 17.2 Å². The molecule has 0 unspecified atom stereocenters. The number of hydrogen-bond donors (Lipinski definition) is 3. The molecule has 3 N–H and O–H groups in total. The number of aromatic amines is 1. The molecule has 0 bridgehead atoms. The number of nitrogens with one attached hydrogen (secondary N) is 3. The average Bonchev–Trinajstić information content (AvgIpc) is 2.64. The monoisotopic (exact) mass is 347 g/mol. The number of hydrazine groups is 1. The van der Waals surface area contributed by atoms with Crippen LogP contribution in [0.3, 0.4) is 0 Å². The van der Waals surface area contributed by atoms with Crippen molar-refractivity contribution in [3.05, 3.63) is 51.9 Å². The normalized spacial score (nSPS) is 9.88. The molecule has 2 rings (SSSR count). The Balaban J connectivity index is 2.14. The predicted octanol–water partition coefficient (Wildman–Crippen LogP) is 0.475. The lowest BCUT2D eigenvalue weighted by molar-refractivity contribution is 0.0840. The minimum absolute atomic E-state index is 0.0434. The number of rotatable bonds is 5. The zero-order chi connectivity index (χ0) is 18.4. The molecule has 2 amide bonds. The van der Waals surface area contributed by atoms with Gasteiger partial charge in [0.05, 0.1) is 21.3 Å².